The van der Waals surface area contributed by atoms with Crippen molar-refractivity contribution < 1.29 is 8.42 Å². The van der Waals surface area contributed by atoms with E-state index >= 15 is 0 Å². The van der Waals surface area contributed by atoms with Gasteiger partial charge in [0.15, 0.2) is 0 Å². The first-order valence-electron chi connectivity index (χ1n) is 6.51. The molecule has 0 fully saturated rings. The first kappa shape index (κ1) is 15.9. The molecule has 0 aliphatic carbocycles. The lowest BCUT2D eigenvalue weighted by Gasteiger charge is -2.14. The van der Waals surface area contributed by atoms with Gasteiger partial charge in [-0.3, -0.25) is 4.72 Å². The summed E-state index contributed by atoms with van der Waals surface area (Å²) in [6.07, 6.45) is 0.617. The Morgan fingerprint density at radius 3 is 2.62 bits per heavy atom. The molecule has 0 unspecified atom stereocenters. The molecule has 0 aliphatic heterocycles. The summed E-state index contributed by atoms with van der Waals surface area (Å²) < 4.78 is 28.6. The predicted molar refractivity (Wildman–Crippen MR) is 89.9 cm³/mol. The number of nitrogens with one attached hydrogen (secondary N) is 1. The van der Waals surface area contributed by atoms with Gasteiger partial charge in [0.05, 0.1) is 10.6 Å². The number of sulfonamides is 1. The lowest BCUT2D eigenvalue weighted by atomic mass is 10.1. The first-order chi connectivity index (χ1) is 9.85. The molecule has 0 atom stereocenters. The first-order valence-corrected chi connectivity index (χ1v) is 8.79. The van der Waals surface area contributed by atoms with Crippen molar-refractivity contribution in [1.29, 1.82) is 0 Å². The van der Waals surface area contributed by atoms with Crippen molar-refractivity contribution in [2.45, 2.75) is 25.2 Å². The second-order valence-corrected chi connectivity index (χ2v) is 7.21. The van der Waals surface area contributed by atoms with Crippen molar-refractivity contribution in [2.24, 2.45) is 0 Å². The van der Waals surface area contributed by atoms with Crippen molar-refractivity contribution in [3.63, 3.8) is 0 Å². The molecule has 0 bridgehead atoms. The summed E-state index contributed by atoms with van der Waals surface area (Å²) in [7, 11) is -3.68. The monoisotopic (exact) mass is 368 g/mol. The van der Waals surface area contributed by atoms with Crippen LogP contribution in [0.1, 0.15) is 18.1 Å². The third-order valence-corrected chi connectivity index (χ3v) is 5.70. The molecule has 2 rings (SSSR count). The maximum atomic E-state index is 12.6. The molecule has 3 N–H and O–H groups in total. The Kier molecular flexibility index (Phi) is 4.58. The van der Waals surface area contributed by atoms with Gasteiger partial charge in [-0.2, -0.15) is 0 Å². The molecule has 0 amide bonds. The van der Waals surface area contributed by atoms with E-state index in [-0.39, 0.29) is 4.90 Å². The van der Waals surface area contributed by atoms with Gasteiger partial charge in [-0.1, -0.05) is 25.1 Å². The van der Waals surface area contributed by atoms with E-state index in [0.29, 0.717) is 17.8 Å². The molecule has 0 saturated heterocycles. The largest absolute Gasteiger partial charge is 0.399 e. The minimum atomic E-state index is -3.68. The molecule has 0 radical (unpaired) electrons. The van der Waals surface area contributed by atoms with E-state index in [9.17, 15) is 8.42 Å². The quantitative estimate of drug-likeness (QED) is 0.808. The maximum absolute atomic E-state index is 12.6. The van der Waals surface area contributed by atoms with E-state index in [0.717, 1.165) is 15.6 Å². The highest BCUT2D eigenvalue weighted by molar-refractivity contribution is 9.10. The Morgan fingerprint density at radius 1 is 1.24 bits per heavy atom. The molecule has 0 spiro atoms. The van der Waals surface area contributed by atoms with Crippen molar-refractivity contribution >= 4 is 37.3 Å². The van der Waals surface area contributed by atoms with Gasteiger partial charge in [0, 0.05) is 10.2 Å². The average molecular weight is 369 g/mol. The third kappa shape index (κ3) is 3.39. The minimum absolute atomic E-state index is 0.221. The third-order valence-electron chi connectivity index (χ3n) is 3.20. The maximum Gasteiger partial charge on any atom is 0.262 e. The smallest absolute Gasteiger partial charge is 0.262 e. The van der Waals surface area contributed by atoms with Crippen molar-refractivity contribution in [3.05, 3.63) is 52.0 Å². The molecule has 0 aliphatic rings. The minimum Gasteiger partial charge on any atom is -0.399 e. The fourth-order valence-corrected chi connectivity index (χ4v) is 3.95. The molecule has 0 heterocycles. The van der Waals surface area contributed by atoms with Gasteiger partial charge in [-0.05, 0) is 58.6 Å². The summed E-state index contributed by atoms with van der Waals surface area (Å²) in [4.78, 5) is 0.221. The van der Waals surface area contributed by atoms with Gasteiger partial charge in [0.25, 0.3) is 10.0 Å². The van der Waals surface area contributed by atoms with Gasteiger partial charge in [0.2, 0.25) is 0 Å². The van der Waals surface area contributed by atoms with Crippen LogP contribution >= 0.6 is 15.9 Å². The van der Waals surface area contributed by atoms with Crippen LogP contribution in [-0.2, 0) is 16.4 Å². The van der Waals surface area contributed by atoms with E-state index in [2.05, 4.69) is 20.7 Å². The molecule has 112 valence electrons. The van der Waals surface area contributed by atoms with Gasteiger partial charge in [0.1, 0.15) is 0 Å². The molecule has 6 heteroatoms. The zero-order valence-electron chi connectivity index (χ0n) is 11.9. The number of hydrogen-bond acceptors (Lipinski definition) is 3. The molecule has 0 aromatic heterocycles. The van der Waals surface area contributed by atoms with E-state index in [1.54, 1.807) is 24.3 Å². The average Bonchev–Trinajstić information content (AvgIpc) is 2.44. The summed E-state index contributed by atoms with van der Waals surface area (Å²) in [6, 6.07) is 10.4. The Balaban J connectivity index is 2.48. The highest BCUT2D eigenvalue weighted by Crippen LogP contribution is 2.29. The number of anilines is 2. The standard InChI is InChI=1S/C15H17BrN2O2S/c1-3-11-7-8-12(17)9-14(11)21(19,20)18-13-6-4-5-10(2)15(13)16/h4-9,18H,3,17H2,1-2H3. The number of benzene rings is 2. The van der Waals surface area contributed by atoms with Crippen LogP contribution in [0.2, 0.25) is 0 Å². The molecular weight excluding hydrogens is 352 g/mol. The van der Waals surface area contributed by atoms with Gasteiger partial charge < -0.3 is 5.73 Å². The second kappa shape index (κ2) is 6.07. The van der Waals surface area contributed by atoms with Gasteiger partial charge >= 0.3 is 0 Å². The summed E-state index contributed by atoms with van der Waals surface area (Å²) in [5.41, 5.74) is 8.36. The van der Waals surface area contributed by atoms with Crippen LogP contribution in [0.4, 0.5) is 11.4 Å². The Bertz CT molecular complexity index is 773. The number of nitrogens with two attached hydrogens (primary N) is 1. The summed E-state index contributed by atoms with van der Waals surface area (Å²) in [5, 5.41) is 0. The van der Waals surface area contributed by atoms with Crippen LogP contribution in [0.3, 0.4) is 0 Å². The van der Waals surface area contributed by atoms with Gasteiger partial charge in [-0.25, -0.2) is 8.42 Å². The summed E-state index contributed by atoms with van der Waals surface area (Å²) in [6.45, 7) is 3.81. The van der Waals surface area contributed by atoms with Crippen molar-refractivity contribution in [1.82, 2.24) is 0 Å². The molecule has 0 saturated carbocycles. The Hall–Kier alpha value is -1.53. The second-order valence-electron chi connectivity index (χ2n) is 4.76. The lowest BCUT2D eigenvalue weighted by Crippen LogP contribution is -2.15. The highest BCUT2D eigenvalue weighted by atomic mass is 79.9. The molecule has 2 aromatic carbocycles. The van der Waals surface area contributed by atoms with Crippen molar-refractivity contribution in [3.8, 4) is 0 Å². The number of aryl methyl sites for hydroxylation is 2. The SMILES string of the molecule is CCc1ccc(N)cc1S(=O)(=O)Nc1cccc(C)c1Br. The predicted octanol–water partition coefficient (Wildman–Crippen LogP) is 3.70. The normalized spacial score (nSPS) is 11.4. The number of halogens is 1. The molecular formula is C15H17BrN2O2S. The topological polar surface area (TPSA) is 72.2 Å². The fourth-order valence-electron chi connectivity index (χ4n) is 2.04. The van der Waals surface area contributed by atoms with Crippen LogP contribution in [0, 0.1) is 6.92 Å². The zero-order chi connectivity index (χ0) is 15.6. The van der Waals surface area contributed by atoms with E-state index in [1.165, 1.54) is 6.07 Å². The number of nitrogen functional groups attached to an aromatic ring is 1. The molecule has 21 heavy (non-hydrogen) atoms. The van der Waals surface area contributed by atoms with Crippen LogP contribution in [0.15, 0.2) is 45.8 Å². The summed E-state index contributed by atoms with van der Waals surface area (Å²) in [5.74, 6) is 0. The fraction of sp³-hybridized carbons (Fsp3) is 0.200. The van der Waals surface area contributed by atoms with E-state index < -0.39 is 10.0 Å². The zero-order valence-corrected chi connectivity index (χ0v) is 14.3. The molecule has 4 nitrogen and oxygen atoms in total. The Morgan fingerprint density at radius 2 is 1.95 bits per heavy atom. The Labute approximate surface area is 133 Å². The number of rotatable bonds is 4. The van der Waals surface area contributed by atoms with Gasteiger partial charge in [-0.15, -0.1) is 0 Å². The van der Waals surface area contributed by atoms with Crippen molar-refractivity contribution in [2.75, 3.05) is 10.5 Å². The van der Waals surface area contributed by atoms with Crippen LogP contribution in [-0.4, -0.2) is 8.42 Å². The summed E-state index contributed by atoms with van der Waals surface area (Å²) >= 11 is 3.40. The number of hydrogen-bond donors (Lipinski definition) is 2. The van der Waals surface area contributed by atoms with Crippen LogP contribution in [0.25, 0.3) is 0 Å². The molecule has 2 aromatic rings. The lowest BCUT2D eigenvalue weighted by molar-refractivity contribution is 0.600. The van der Waals surface area contributed by atoms with E-state index in [1.807, 2.05) is 19.9 Å². The van der Waals surface area contributed by atoms with Crippen LogP contribution in [0.5, 0.6) is 0 Å². The van der Waals surface area contributed by atoms with E-state index in [4.69, 9.17) is 5.73 Å². The highest BCUT2D eigenvalue weighted by Gasteiger charge is 2.19. The van der Waals surface area contributed by atoms with Crippen LogP contribution < -0.4 is 10.5 Å².